The Balaban J connectivity index is 1.43. The highest BCUT2D eigenvalue weighted by molar-refractivity contribution is 7.86. The van der Waals surface area contributed by atoms with Crippen molar-refractivity contribution in [2.24, 2.45) is 0 Å². The van der Waals surface area contributed by atoms with Crippen molar-refractivity contribution in [3.8, 4) is 22.9 Å². The molecule has 3 N–H and O–H groups in total. The molecule has 0 aliphatic carbocycles. The molecule has 5 rings (SSSR count). The van der Waals surface area contributed by atoms with Gasteiger partial charge in [0.15, 0.2) is 0 Å². The van der Waals surface area contributed by atoms with Crippen molar-refractivity contribution in [3.63, 3.8) is 0 Å². The van der Waals surface area contributed by atoms with Crippen LogP contribution in [-0.2, 0) is 11.0 Å². The van der Waals surface area contributed by atoms with Gasteiger partial charge in [0.2, 0.25) is 11.8 Å². The van der Waals surface area contributed by atoms with E-state index in [-0.39, 0.29) is 6.04 Å². The van der Waals surface area contributed by atoms with Crippen LogP contribution in [0.5, 0.6) is 11.6 Å². The SMILES string of the molecule is Cc1cc(NS(=O)CCC(F)(F)F)c2ccccc2c1Oc1ncccc1-c1ccnc(NC2CCCNC2)n1. The Bertz CT molecular complexity index is 1510. The fourth-order valence-corrected chi connectivity index (χ4v) is 5.52. The molecule has 40 heavy (non-hydrogen) atoms. The molecule has 0 amide bonds. The fourth-order valence-electron chi connectivity index (χ4n) is 4.59. The topological polar surface area (TPSA) is 101 Å². The largest absolute Gasteiger partial charge is 0.437 e. The maximum Gasteiger partial charge on any atom is 0.390 e. The normalized spacial score (nSPS) is 16.4. The second-order valence-corrected chi connectivity index (χ2v) is 10.8. The summed E-state index contributed by atoms with van der Waals surface area (Å²) in [7, 11) is -1.91. The second-order valence-electron chi connectivity index (χ2n) is 9.54. The molecule has 3 heterocycles. The van der Waals surface area contributed by atoms with Gasteiger partial charge in [-0.25, -0.2) is 19.2 Å². The molecule has 2 aromatic carbocycles. The number of benzene rings is 2. The van der Waals surface area contributed by atoms with E-state index in [1.165, 1.54) is 0 Å². The van der Waals surface area contributed by atoms with Crippen molar-refractivity contribution in [3.05, 3.63) is 66.5 Å². The van der Waals surface area contributed by atoms with Crippen LogP contribution in [0.1, 0.15) is 24.8 Å². The maximum absolute atomic E-state index is 12.6. The first kappa shape index (κ1) is 27.8. The van der Waals surface area contributed by atoms with Crippen molar-refractivity contribution in [1.29, 1.82) is 0 Å². The molecule has 12 heteroatoms. The Morgan fingerprint density at radius 2 is 1.93 bits per heavy atom. The first-order chi connectivity index (χ1) is 19.3. The van der Waals surface area contributed by atoms with Crippen molar-refractivity contribution < 1.29 is 22.1 Å². The summed E-state index contributed by atoms with van der Waals surface area (Å²) in [5.74, 6) is 0.855. The highest BCUT2D eigenvalue weighted by atomic mass is 32.2. The minimum atomic E-state index is -4.37. The molecule has 2 aromatic heterocycles. The van der Waals surface area contributed by atoms with E-state index in [1.807, 2.05) is 25.1 Å². The number of rotatable bonds is 9. The number of aromatic nitrogens is 3. The number of alkyl halides is 3. The Morgan fingerprint density at radius 3 is 2.70 bits per heavy atom. The molecule has 1 aliphatic heterocycles. The lowest BCUT2D eigenvalue weighted by atomic mass is 10.0. The van der Waals surface area contributed by atoms with Gasteiger partial charge < -0.3 is 20.1 Å². The number of halogens is 3. The Labute approximate surface area is 232 Å². The molecule has 1 saturated heterocycles. The van der Waals surface area contributed by atoms with E-state index in [4.69, 9.17) is 9.72 Å². The fraction of sp³-hybridized carbons (Fsp3) is 0.321. The van der Waals surface area contributed by atoms with Gasteiger partial charge >= 0.3 is 6.18 Å². The molecule has 0 bridgehead atoms. The number of piperidine rings is 1. The smallest absolute Gasteiger partial charge is 0.390 e. The highest BCUT2D eigenvalue weighted by Gasteiger charge is 2.28. The van der Waals surface area contributed by atoms with Gasteiger partial charge in [0.1, 0.15) is 16.7 Å². The van der Waals surface area contributed by atoms with Gasteiger partial charge in [0.05, 0.1) is 29.1 Å². The lowest BCUT2D eigenvalue weighted by molar-refractivity contribution is -0.129. The van der Waals surface area contributed by atoms with Gasteiger partial charge in [0, 0.05) is 35.8 Å². The minimum Gasteiger partial charge on any atom is -0.437 e. The minimum absolute atomic E-state index is 0.248. The first-order valence-electron chi connectivity index (χ1n) is 12.9. The molecule has 0 spiro atoms. The average molecular weight is 571 g/mol. The van der Waals surface area contributed by atoms with E-state index < -0.39 is 29.3 Å². The summed E-state index contributed by atoms with van der Waals surface area (Å²) < 4.78 is 59.4. The third-order valence-corrected chi connectivity index (χ3v) is 7.53. The number of aryl methyl sites for hydroxylation is 1. The molecule has 4 aromatic rings. The molecular weight excluding hydrogens is 541 g/mol. The third-order valence-electron chi connectivity index (χ3n) is 6.51. The number of fused-ring (bicyclic) bond motifs is 1. The van der Waals surface area contributed by atoms with Gasteiger partial charge in [0.25, 0.3) is 0 Å². The average Bonchev–Trinajstić information content (AvgIpc) is 2.94. The summed E-state index contributed by atoms with van der Waals surface area (Å²) in [5, 5.41) is 8.12. The van der Waals surface area contributed by atoms with Gasteiger partial charge in [-0.05, 0) is 56.1 Å². The zero-order chi connectivity index (χ0) is 28.1. The van der Waals surface area contributed by atoms with Crippen molar-refractivity contribution in [1.82, 2.24) is 20.3 Å². The molecule has 0 radical (unpaired) electrons. The molecule has 8 nitrogen and oxygen atoms in total. The predicted octanol–water partition coefficient (Wildman–Crippen LogP) is 5.98. The second kappa shape index (κ2) is 12.2. The van der Waals surface area contributed by atoms with Crippen LogP contribution < -0.4 is 20.1 Å². The van der Waals surface area contributed by atoms with E-state index in [2.05, 4.69) is 25.3 Å². The number of hydrogen-bond donors (Lipinski definition) is 3. The van der Waals surface area contributed by atoms with Crippen LogP contribution in [-0.4, -0.2) is 50.2 Å². The summed E-state index contributed by atoms with van der Waals surface area (Å²) in [6, 6.07) is 14.7. The summed E-state index contributed by atoms with van der Waals surface area (Å²) in [5.41, 5.74) is 2.48. The quantitative estimate of drug-likeness (QED) is 0.227. The molecular formula is C28H29F3N6O2S. The third kappa shape index (κ3) is 6.86. The molecule has 210 valence electrons. The number of nitrogens with one attached hydrogen (secondary N) is 3. The zero-order valence-corrected chi connectivity index (χ0v) is 22.6. The van der Waals surface area contributed by atoms with Gasteiger partial charge in [-0.2, -0.15) is 13.2 Å². The van der Waals surface area contributed by atoms with E-state index in [0.717, 1.165) is 25.9 Å². The van der Waals surface area contributed by atoms with Gasteiger partial charge in [-0.15, -0.1) is 0 Å². The van der Waals surface area contributed by atoms with Crippen LogP contribution in [0.15, 0.2) is 60.9 Å². The van der Waals surface area contributed by atoms with Crippen molar-refractivity contribution in [2.75, 3.05) is 28.9 Å². The van der Waals surface area contributed by atoms with Crippen molar-refractivity contribution >= 4 is 33.4 Å². The van der Waals surface area contributed by atoms with Crippen LogP contribution in [0.4, 0.5) is 24.8 Å². The zero-order valence-electron chi connectivity index (χ0n) is 21.8. The predicted molar refractivity (Wildman–Crippen MR) is 151 cm³/mol. The maximum atomic E-state index is 12.6. The highest BCUT2D eigenvalue weighted by Crippen LogP contribution is 2.39. The van der Waals surface area contributed by atoms with Gasteiger partial charge in [-0.3, -0.25) is 0 Å². The monoisotopic (exact) mass is 570 g/mol. The summed E-state index contributed by atoms with van der Waals surface area (Å²) in [6.07, 6.45) is -0.0637. The van der Waals surface area contributed by atoms with Crippen LogP contribution >= 0.6 is 0 Å². The lowest BCUT2D eigenvalue weighted by Gasteiger charge is -2.23. The Hall–Kier alpha value is -3.77. The summed E-state index contributed by atoms with van der Waals surface area (Å²) >= 11 is 0. The summed E-state index contributed by atoms with van der Waals surface area (Å²) in [4.78, 5) is 13.6. The van der Waals surface area contributed by atoms with E-state index in [1.54, 1.807) is 42.7 Å². The molecule has 2 unspecified atom stereocenters. The standard InChI is InChI=1S/C28H29F3N6O2S/c1-18-16-24(37-40(38)15-11-28(29,30)31)20-7-2-3-8-21(20)25(18)39-26-22(9-5-13-33-26)23-10-14-34-27(36-23)35-19-6-4-12-32-17-19/h2-3,5,7-10,13-14,16,19,32,37H,4,6,11-12,15,17H2,1H3,(H,34,35,36). The van der Waals surface area contributed by atoms with Crippen LogP contribution in [0, 0.1) is 6.92 Å². The summed E-state index contributed by atoms with van der Waals surface area (Å²) in [6.45, 7) is 3.68. The Morgan fingerprint density at radius 1 is 1.10 bits per heavy atom. The van der Waals surface area contributed by atoms with Crippen LogP contribution in [0.2, 0.25) is 0 Å². The van der Waals surface area contributed by atoms with Crippen LogP contribution in [0.3, 0.4) is 0 Å². The van der Waals surface area contributed by atoms with E-state index >= 15 is 0 Å². The number of pyridine rings is 1. The lowest BCUT2D eigenvalue weighted by Crippen LogP contribution is -2.38. The molecule has 2 atom stereocenters. The number of hydrogen-bond acceptors (Lipinski definition) is 7. The van der Waals surface area contributed by atoms with Crippen molar-refractivity contribution in [2.45, 2.75) is 38.4 Å². The first-order valence-corrected chi connectivity index (χ1v) is 14.3. The number of nitrogens with zero attached hydrogens (tertiary/aromatic N) is 3. The number of anilines is 2. The number of ether oxygens (including phenoxy) is 1. The Kier molecular flexibility index (Phi) is 8.46. The van der Waals surface area contributed by atoms with E-state index in [9.17, 15) is 17.4 Å². The van der Waals surface area contributed by atoms with Crippen LogP contribution in [0.25, 0.3) is 22.0 Å². The molecule has 0 saturated carbocycles. The molecule has 1 aliphatic rings. The van der Waals surface area contributed by atoms with Gasteiger partial charge in [-0.1, -0.05) is 24.3 Å². The molecule has 1 fully saturated rings. The van der Waals surface area contributed by atoms with E-state index in [0.29, 0.717) is 50.9 Å².